The van der Waals surface area contributed by atoms with Crippen molar-refractivity contribution in [2.75, 3.05) is 20.3 Å². The van der Waals surface area contributed by atoms with Gasteiger partial charge in [-0.1, -0.05) is 60.7 Å². The van der Waals surface area contributed by atoms with Gasteiger partial charge in [0, 0.05) is 11.6 Å². The molecule has 3 aromatic carbocycles. The number of carbonyl (C=O) groups excluding carboxylic acids is 2. The Hall–Kier alpha value is -4.37. The van der Waals surface area contributed by atoms with Gasteiger partial charge < -0.3 is 14.2 Å². The molecule has 0 aliphatic carbocycles. The fourth-order valence-electron chi connectivity index (χ4n) is 2.93. The van der Waals surface area contributed by atoms with E-state index >= 15 is 0 Å². The highest BCUT2D eigenvalue weighted by atomic mass is 16.5. The summed E-state index contributed by atoms with van der Waals surface area (Å²) in [7, 11) is 1.48. The molecule has 0 N–H and O–H groups in total. The first-order chi connectivity index (χ1) is 15.6. The van der Waals surface area contributed by atoms with Gasteiger partial charge >= 0.3 is 5.97 Å². The van der Waals surface area contributed by atoms with Crippen molar-refractivity contribution in [3.05, 3.63) is 90.0 Å². The van der Waals surface area contributed by atoms with Crippen LogP contribution in [0.3, 0.4) is 0 Å². The Morgan fingerprint density at radius 3 is 2.34 bits per heavy atom. The molecular weight excluding hydrogens is 406 g/mol. The molecule has 0 saturated carbocycles. The molecule has 0 radical (unpaired) electrons. The van der Waals surface area contributed by atoms with Crippen LogP contribution in [0.2, 0.25) is 0 Å². The van der Waals surface area contributed by atoms with Crippen LogP contribution in [-0.2, 0) is 9.53 Å². The second kappa shape index (κ2) is 11.1. The highest BCUT2D eigenvalue weighted by molar-refractivity contribution is 5.99. The smallest absolute Gasteiger partial charge is 0.331 e. The first-order valence-electron chi connectivity index (χ1n) is 9.82. The zero-order chi connectivity index (χ0) is 22.8. The lowest BCUT2D eigenvalue weighted by Crippen LogP contribution is -2.12. The normalized spacial score (nSPS) is 10.4. The number of nitrogens with zero attached hydrogens (tertiary/aromatic N) is 1. The Labute approximate surface area is 186 Å². The minimum Gasteiger partial charge on any atom is -0.493 e. The Bertz CT molecular complexity index is 1150. The van der Waals surface area contributed by atoms with Crippen LogP contribution in [0.5, 0.6) is 11.5 Å². The first-order valence-corrected chi connectivity index (χ1v) is 9.82. The fraction of sp³-hybridized carbons (Fsp3) is 0.115. The molecule has 0 saturated heterocycles. The standard InChI is InChI=1S/C26H21NO5/c1-30-25-17-19(7-13-24(25)31-16-15-27)8-14-26(29)32-18-23(28)22-11-9-21(10-12-22)20-5-3-2-4-6-20/h2-14,17H,16,18H2,1H3. The maximum Gasteiger partial charge on any atom is 0.331 e. The van der Waals surface area contributed by atoms with E-state index in [0.29, 0.717) is 22.6 Å². The van der Waals surface area contributed by atoms with Gasteiger partial charge in [-0.2, -0.15) is 5.26 Å². The van der Waals surface area contributed by atoms with Crippen LogP contribution in [0, 0.1) is 11.3 Å². The van der Waals surface area contributed by atoms with Crippen LogP contribution in [-0.4, -0.2) is 32.1 Å². The van der Waals surface area contributed by atoms with Gasteiger partial charge in [0.2, 0.25) is 0 Å². The van der Waals surface area contributed by atoms with Gasteiger partial charge in [0.15, 0.2) is 30.5 Å². The largest absolute Gasteiger partial charge is 0.493 e. The quantitative estimate of drug-likeness (QED) is 0.279. The van der Waals surface area contributed by atoms with Crippen molar-refractivity contribution in [3.63, 3.8) is 0 Å². The number of benzene rings is 3. The minimum atomic E-state index is -0.636. The van der Waals surface area contributed by atoms with Crippen LogP contribution >= 0.6 is 0 Å². The van der Waals surface area contributed by atoms with E-state index in [2.05, 4.69) is 0 Å². The van der Waals surface area contributed by atoms with Gasteiger partial charge in [-0.3, -0.25) is 4.79 Å². The lowest BCUT2D eigenvalue weighted by atomic mass is 10.0. The van der Waals surface area contributed by atoms with E-state index in [9.17, 15) is 9.59 Å². The molecule has 3 aromatic rings. The number of ether oxygens (including phenoxy) is 3. The van der Waals surface area contributed by atoms with E-state index in [4.69, 9.17) is 19.5 Å². The zero-order valence-electron chi connectivity index (χ0n) is 17.5. The van der Waals surface area contributed by atoms with Gasteiger partial charge in [0.05, 0.1) is 7.11 Å². The number of Topliss-reactive ketones (excluding diaryl/α,β-unsaturated/α-hetero) is 1. The number of esters is 1. The van der Waals surface area contributed by atoms with E-state index in [0.717, 1.165) is 11.1 Å². The summed E-state index contributed by atoms with van der Waals surface area (Å²) >= 11 is 0. The maximum atomic E-state index is 12.3. The molecule has 0 atom stereocenters. The fourth-order valence-corrected chi connectivity index (χ4v) is 2.93. The Kier molecular flexibility index (Phi) is 7.77. The number of methoxy groups -OCH3 is 1. The monoisotopic (exact) mass is 427 g/mol. The summed E-state index contributed by atoms with van der Waals surface area (Å²) in [5, 5.41) is 8.61. The van der Waals surface area contributed by atoms with Crippen LogP contribution in [0.25, 0.3) is 17.2 Å². The number of hydrogen-bond donors (Lipinski definition) is 0. The molecule has 0 bridgehead atoms. The molecule has 0 unspecified atom stereocenters. The Morgan fingerprint density at radius 1 is 0.938 bits per heavy atom. The number of nitriles is 1. The Balaban J connectivity index is 1.54. The third kappa shape index (κ3) is 6.07. The average molecular weight is 427 g/mol. The zero-order valence-corrected chi connectivity index (χ0v) is 17.5. The molecule has 6 nitrogen and oxygen atoms in total. The van der Waals surface area contributed by atoms with Crippen molar-refractivity contribution in [3.8, 4) is 28.7 Å². The third-order valence-corrected chi connectivity index (χ3v) is 4.55. The molecule has 0 fully saturated rings. The highest BCUT2D eigenvalue weighted by Gasteiger charge is 2.09. The van der Waals surface area contributed by atoms with Crippen molar-refractivity contribution in [1.82, 2.24) is 0 Å². The van der Waals surface area contributed by atoms with Crippen molar-refractivity contribution in [2.24, 2.45) is 0 Å². The van der Waals surface area contributed by atoms with E-state index in [1.165, 1.54) is 19.3 Å². The van der Waals surface area contributed by atoms with E-state index < -0.39 is 5.97 Å². The summed E-state index contributed by atoms with van der Waals surface area (Å²) in [6.07, 6.45) is 2.77. The van der Waals surface area contributed by atoms with Gasteiger partial charge in [-0.15, -0.1) is 0 Å². The second-order valence-electron chi connectivity index (χ2n) is 6.66. The number of hydrogen-bond acceptors (Lipinski definition) is 6. The lowest BCUT2D eigenvalue weighted by molar-refractivity contribution is -0.136. The van der Waals surface area contributed by atoms with Crippen molar-refractivity contribution < 1.29 is 23.8 Å². The van der Waals surface area contributed by atoms with Crippen molar-refractivity contribution >= 4 is 17.8 Å². The molecule has 0 aliphatic heterocycles. The van der Waals surface area contributed by atoms with Gasteiger partial charge in [0.1, 0.15) is 6.07 Å². The van der Waals surface area contributed by atoms with E-state index in [-0.39, 0.29) is 19.0 Å². The molecular formula is C26H21NO5. The molecule has 32 heavy (non-hydrogen) atoms. The SMILES string of the molecule is COc1cc(C=CC(=O)OCC(=O)c2ccc(-c3ccccc3)cc2)ccc1OCC#N. The number of ketones is 1. The topological polar surface area (TPSA) is 85.6 Å². The summed E-state index contributed by atoms with van der Waals surface area (Å²) in [5.41, 5.74) is 3.20. The summed E-state index contributed by atoms with van der Waals surface area (Å²) in [5.74, 6) is -0.0578. The summed E-state index contributed by atoms with van der Waals surface area (Å²) in [6.45, 7) is -0.445. The summed E-state index contributed by atoms with van der Waals surface area (Å²) in [4.78, 5) is 24.3. The molecule has 160 valence electrons. The first kappa shape index (κ1) is 22.3. The van der Waals surface area contributed by atoms with Crippen molar-refractivity contribution in [1.29, 1.82) is 5.26 Å². The molecule has 0 heterocycles. The molecule has 3 rings (SSSR count). The predicted octanol–water partition coefficient (Wildman–Crippen LogP) is 4.70. The molecule has 0 amide bonds. The van der Waals surface area contributed by atoms with Gasteiger partial charge in [-0.05, 0) is 34.9 Å². The van der Waals surface area contributed by atoms with E-state index in [1.807, 2.05) is 48.5 Å². The minimum absolute atomic E-state index is 0.0963. The van der Waals surface area contributed by atoms with Crippen LogP contribution < -0.4 is 9.47 Å². The molecule has 0 aliphatic rings. The summed E-state index contributed by atoms with van der Waals surface area (Å²) < 4.78 is 15.5. The number of carbonyl (C=O) groups is 2. The highest BCUT2D eigenvalue weighted by Crippen LogP contribution is 2.28. The van der Waals surface area contributed by atoms with Gasteiger partial charge in [0.25, 0.3) is 0 Å². The molecule has 0 spiro atoms. The Morgan fingerprint density at radius 2 is 1.66 bits per heavy atom. The van der Waals surface area contributed by atoms with Crippen molar-refractivity contribution in [2.45, 2.75) is 0 Å². The molecule has 0 aromatic heterocycles. The maximum absolute atomic E-state index is 12.3. The van der Waals surface area contributed by atoms with Gasteiger partial charge in [-0.25, -0.2) is 4.79 Å². The number of rotatable bonds is 9. The van der Waals surface area contributed by atoms with E-state index in [1.54, 1.807) is 30.3 Å². The van der Waals surface area contributed by atoms with Crippen LogP contribution in [0.1, 0.15) is 15.9 Å². The van der Waals surface area contributed by atoms with Crippen LogP contribution in [0.15, 0.2) is 78.9 Å². The average Bonchev–Trinajstić information content (AvgIpc) is 2.85. The molecule has 6 heteroatoms. The van der Waals surface area contributed by atoms with Crippen LogP contribution in [0.4, 0.5) is 0 Å². The second-order valence-corrected chi connectivity index (χ2v) is 6.66. The predicted molar refractivity (Wildman–Crippen MR) is 120 cm³/mol. The summed E-state index contributed by atoms with van der Waals surface area (Å²) in [6, 6.07) is 23.9. The third-order valence-electron chi connectivity index (χ3n) is 4.55. The lowest BCUT2D eigenvalue weighted by Gasteiger charge is -2.08.